The van der Waals surface area contributed by atoms with Crippen LogP contribution in [0.15, 0.2) is 18.2 Å². The van der Waals surface area contributed by atoms with Crippen LogP contribution >= 0.6 is 0 Å². The van der Waals surface area contributed by atoms with Crippen molar-refractivity contribution in [1.82, 2.24) is 14.9 Å². The molecule has 0 unspecified atom stereocenters. The number of phenolic OH excluding ortho intramolecular Hbond substituents is 1. The fourth-order valence-electron chi connectivity index (χ4n) is 7.96. The molecule has 5 heterocycles. The number of anilines is 1. The first-order valence-corrected chi connectivity index (χ1v) is 14.6. The third kappa shape index (κ3) is 4.46. The molecule has 5 aliphatic rings. The van der Waals surface area contributed by atoms with E-state index >= 15 is 0 Å². The number of nitrogens with zero attached hydrogens (tertiary/aromatic N) is 4. The number of hydrogen-bond donors (Lipinski definition) is 2. The van der Waals surface area contributed by atoms with Gasteiger partial charge in [-0.15, -0.1) is 0 Å². The number of aromatic hydroxyl groups is 1. The van der Waals surface area contributed by atoms with Crippen LogP contribution in [-0.4, -0.2) is 75.2 Å². The van der Waals surface area contributed by atoms with E-state index in [1.807, 2.05) is 19.1 Å². The summed E-state index contributed by atoms with van der Waals surface area (Å²) in [6, 6.07) is 5.93. The fraction of sp³-hybridized carbons (Fsp3) is 0.667. The average molecular weight is 539 g/mol. The Labute approximate surface area is 229 Å². The highest BCUT2D eigenvalue weighted by Crippen LogP contribution is 2.47. The first kappa shape index (κ1) is 25.5. The van der Waals surface area contributed by atoms with E-state index < -0.39 is 17.4 Å². The van der Waals surface area contributed by atoms with Gasteiger partial charge in [0, 0.05) is 38.0 Å². The molecule has 210 valence electrons. The van der Waals surface area contributed by atoms with Crippen LogP contribution in [-0.2, 0) is 29.8 Å². The lowest BCUT2D eigenvalue weighted by molar-refractivity contribution is -0.0856. The summed E-state index contributed by atoms with van der Waals surface area (Å²) >= 11 is 0. The first-order valence-electron chi connectivity index (χ1n) is 14.6. The van der Waals surface area contributed by atoms with Crippen molar-refractivity contribution in [1.29, 1.82) is 0 Å². The van der Waals surface area contributed by atoms with Gasteiger partial charge in [-0.3, -0.25) is 4.90 Å². The van der Waals surface area contributed by atoms with E-state index in [4.69, 9.17) is 19.4 Å². The molecule has 9 heteroatoms. The standard InChI is InChI=1S/C30H39FN4O4/c1-28(37)8-3-11-34(18-28)26-23-17-39-30(10-2-5-20-13-22(36)6-7-24(20)30)15-25(23)32-27(33-26)38-19-29-9-4-12-35(29)16-21(31)14-29/h6-7,13,21,36-37H,2-5,8-12,14-19H2,1H3/t21-,28-,29+,30-/m1/s1. The summed E-state index contributed by atoms with van der Waals surface area (Å²) in [4.78, 5) is 14.3. The van der Waals surface area contributed by atoms with Crippen LogP contribution in [0.4, 0.5) is 10.2 Å². The maximum absolute atomic E-state index is 14.4. The summed E-state index contributed by atoms with van der Waals surface area (Å²) < 4.78 is 27.4. The third-order valence-corrected chi connectivity index (χ3v) is 9.81. The number of piperidine rings is 1. The number of halogens is 1. The Balaban J connectivity index is 1.24. The fourth-order valence-corrected chi connectivity index (χ4v) is 7.96. The van der Waals surface area contributed by atoms with Crippen molar-refractivity contribution in [3.05, 3.63) is 40.6 Å². The van der Waals surface area contributed by atoms with E-state index in [-0.39, 0.29) is 11.3 Å². The Kier molecular flexibility index (Phi) is 6.06. The number of aliphatic hydroxyl groups is 1. The van der Waals surface area contributed by atoms with E-state index in [9.17, 15) is 14.6 Å². The zero-order valence-corrected chi connectivity index (χ0v) is 22.8. The number of β-amino-alcohol motifs (C(OH)–C–C–N with tert-alkyl or cyclic N) is 1. The molecule has 7 rings (SSSR count). The molecule has 2 aromatic rings. The molecular formula is C30H39FN4O4. The zero-order chi connectivity index (χ0) is 26.8. The van der Waals surface area contributed by atoms with Crippen LogP contribution in [0.1, 0.15) is 74.3 Å². The minimum Gasteiger partial charge on any atom is -0.508 e. The van der Waals surface area contributed by atoms with Gasteiger partial charge in [0.25, 0.3) is 0 Å². The van der Waals surface area contributed by atoms with Gasteiger partial charge in [-0.1, -0.05) is 6.07 Å². The van der Waals surface area contributed by atoms with Gasteiger partial charge in [0.15, 0.2) is 0 Å². The number of hydrogen-bond acceptors (Lipinski definition) is 8. The highest BCUT2D eigenvalue weighted by atomic mass is 19.1. The van der Waals surface area contributed by atoms with Gasteiger partial charge in [-0.2, -0.15) is 9.97 Å². The molecular weight excluding hydrogens is 499 g/mol. The number of benzene rings is 1. The number of aromatic nitrogens is 2. The van der Waals surface area contributed by atoms with Crippen LogP contribution < -0.4 is 9.64 Å². The number of alkyl halides is 1. The van der Waals surface area contributed by atoms with Crippen molar-refractivity contribution in [3.8, 4) is 11.8 Å². The molecule has 0 saturated carbocycles. The number of fused-ring (bicyclic) bond motifs is 4. The summed E-state index contributed by atoms with van der Waals surface area (Å²) in [5, 5.41) is 21.0. The van der Waals surface area contributed by atoms with Gasteiger partial charge in [0.1, 0.15) is 24.3 Å². The maximum atomic E-state index is 14.4. The van der Waals surface area contributed by atoms with Crippen LogP contribution in [0.3, 0.4) is 0 Å². The smallest absolute Gasteiger partial charge is 0.318 e. The molecule has 4 aliphatic heterocycles. The van der Waals surface area contributed by atoms with Crippen molar-refractivity contribution < 1.29 is 24.1 Å². The van der Waals surface area contributed by atoms with Crippen LogP contribution in [0.2, 0.25) is 0 Å². The summed E-state index contributed by atoms with van der Waals surface area (Å²) in [5.41, 5.74) is 2.57. The second-order valence-electron chi connectivity index (χ2n) is 12.8. The molecule has 4 atom stereocenters. The van der Waals surface area contributed by atoms with Crippen molar-refractivity contribution in [2.75, 3.05) is 37.7 Å². The van der Waals surface area contributed by atoms with Gasteiger partial charge >= 0.3 is 6.01 Å². The van der Waals surface area contributed by atoms with Crippen molar-refractivity contribution >= 4 is 5.82 Å². The molecule has 39 heavy (non-hydrogen) atoms. The topological polar surface area (TPSA) is 91.2 Å². The Hall–Kier alpha value is -2.49. The van der Waals surface area contributed by atoms with Gasteiger partial charge in [0.05, 0.1) is 29.0 Å². The lowest BCUT2D eigenvalue weighted by Gasteiger charge is -2.44. The van der Waals surface area contributed by atoms with Crippen molar-refractivity contribution in [2.24, 2.45) is 0 Å². The second-order valence-corrected chi connectivity index (χ2v) is 12.8. The molecule has 0 bridgehead atoms. The highest BCUT2D eigenvalue weighted by molar-refractivity contribution is 5.53. The van der Waals surface area contributed by atoms with Gasteiger partial charge in [0.2, 0.25) is 0 Å². The maximum Gasteiger partial charge on any atom is 0.318 e. The van der Waals surface area contributed by atoms with E-state index in [2.05, 4.69) is 9.80 Å². The Morgan fingerprint density at radius 3 is 2.90 bits per heavy atom. The molecule has 1 spiro atoms. The lowest BCUT2D eigenvalue weighted by atomic mass is 9.75. The van der Waals surface area contributed by atoms with E-state index in [0.29, 0.717) is 45.2 Å². The Morgan fingerprint density at radius 2 is 2.03 bits per heavy atom. The van der Waals surface area contributed by atoms with Crippen LogP contribution in [0.5, 0.6) is 11.8 Å². The number of phenols is 1. The van der Waals surface area contributed by atoms with Crippen molar-refractivity contribution in [3.63, 3.8) is 0 Å². The van der Waals surface area contributed by atoms with E-state index in [0.717, 1.165) is 86.2 Å². The molecule has 1 aromatic heterocycles. The molecule has 1 aromatic carbocycles. The van der Waals surface area contributed by atoms with Gasteiger partial charge in [-0.05, 0) is 81.7 Å². The van der Waals surface area contributed by atoms with E-state index in [1.54, 1.807) is 6.07 Å². The first-order chi connectivity index (χ1) is 18.7. The zero-order valence-electron chi connectivity index (χ0n) is 22.8. The molecule has 0 radical (unpaired) electrons. The third-order valence-electron chi connectivity index (χ3n) is 9.81. The Morgan fingerprint density at radius 1 is 1.15 bits per heavy atom. The quantitative estimate of drug-likeness (QED) is 0.608. The second kappa shape index (κ2) is 9.28. The van der Waals surface area contributed by atoms with Crippen molar-refractivity contribution in [2.45, 2.75) is 94.2 Å². The van der Waals surface area contributed by atoms with Gasteiger partial charge in [-0.25, -0.2) is 4.39 Å². The summed E-state index contributed by atoms with van der Waals surface area (Å²) in [7, 11) is 0. The van der Waals surface area contributed by atoms with E-state index in [1.165, 1.54) is 0 Å². The lowest BCUT2D eigenvalue weighted by Crippen LogP contribution is -2.47. The predicted octanol–water partition coefficient (Wildman–Crippen LogP) is 3.79. The largest absolute Gasteiger partial charge is 0.508 e. The van der Waals surface area contributed by atoms with Crippen LogP contribution in [0, 0.1) is 0 Å². The molecule has 2 N–H and O–H groups in total. The predicted molar refractivity (Wildman–Crippen MR) is 144 cm³/mol. The van der Waals surface area contributed by atoms with Crippen LogP contribution in [0.25, 0.3) is 0 Å². The summed E-state index contributed by atoms with van der Waals surface area (Å²) in [6.07, 6.45) is 6.69. The molecule has 0 amide bonds. The number of ether oxygens (including phenoxy) is 2. The molecule has 3 saturated heterocycles. The minimum atomic E-state index is -0.813. The summed E-state index contributed by atoms with van der Waals surface area (Å²) in [5.74, 6) is 1.06. The highest BCUT2D eigenvalue weighted by Gasteiger charge is 2.50. The van der Waals surface area contributed by atoms with Gasteiger partial charge < -0.3 is 24.6 Å². The molecule has 1 aliphatic carbocycles. The SMILES string of the molecule is C[C@@]1(O)CCCN(c2nc(OC[C@@]34CCCN3C[C@H](F)C4)nc3c2CO[C@]2(CCCc4cc(O)ccc42)C3)C1. The number of aryl methyl sites for hydroxylation is 1. The normalized spacial score (nSPS) is 34.1. The molecule has 3 fully saturated rings. The number of rotatable bonds is 4. The minimum absolute atomic E-state index is 0.276. The molecule has 8 nitrogen and oxygen atoms in total. The monoisotopic (exact) mass is 538 g/mol. The summed E-state index contributed by atoms with van der Waals surface area (Å²) in [6.45, 7) is 5.33. The average Bonchev–Trinajstić information content (AvgIpc) is 3.42. The Bertz CT molecular complexity index is 1270.